The molecule has 1 fully saturated rings. The Hall–Kier alpha value is -2.98. The van der Waals surface area contributed by atoms with Crippen molar-refractivity contribution < 1.29 is 35.9 Å². The number of benzene rings is 2. The molecule has 4 rings (SSSR count). The van der Waals surface area contributed by atoms with Crippen LogP contribution in [0.3, 0.4) is 0 Å². The minimum atomic E-state index is -5.35. The first-order chi connectivity index (χ1) is 16.1. The summed E-state index contributed by atoms with van der Waals surface area (Å²) in [6.45, 7) is 0.507. The van der Waals surface area contributed by atoms with Gasteiger partial charge in [-0.05, 0) is 36.7 Å². The Balaban J connectivity index is 1.60. The van der Waals surface area contributed by atoms with Crippen molar-refractivity contribution in [2.24, 2.45) is 5.92 Å². The van der Waals surface area contributed by atoms with E-state index in [0.717, 1.165) is 23.0 Å². The van der Waals surface area contributed by atoms with E-state index < -0.39 is 46.8 Å². The Kier molecular flexibility index (Phi) is 6.64. The zero-order valence-electron chi connectivity index (χ0n) is 17.7. The summed E-state index contributed by atoms with van der Waals surface area (Å²) in [5, 5.41) is 3.80. The van der Waals surface area contributed by atoms with Crippen molar-refractivity contribution in [3.05, 3.63) is 77.0 Å². The highest BCUT2D eigenvalue weighted by Crippen LogP contribution is 2.43. The number of rotatable bonds is 5. The third-order valence-electron chi connectivity index (χ3n) is 5.79. The number of hydrogen-bond acceptors (Lipinski definition) is 4. The van der Waals surface area contributed by atoms with Crippen LogP contribution in [0.1, 0.15) is 33.5 Å². The summed E-state index contributed by atoms with van der Waals surface area (Å²) in [4.78, 5) is 17.5. The number of para-hydroxylation sites is 1. The number of halogens is 6. The van der Waals surface area contributed by atoms with Crippen molar-refractivity contribution in [2.45, 2.75) is 31.5 Å². The highest BCUT2D eigenvalue weighted by Gasteiger charge is 2.47. The van der Waals surface area contributed by atoms with Crippen LogP contribution >= 0.6 is 0 Å². The predicted octanol–water partition coefficient (Wildman–Crippen LogP) is 5.65. The summed E-state index contributed by atoms with van der Waals surface area (Å²) in [6.07, 6.45) is -9.46. The van der Waals surface area contributed by atoms with Crippen LogP contribution in [0.5, 0.6) is 0 Å². The highest BCUT2D eigenvalue weighted by molar-refractivity contribution is 6.00. The van der Waals surface area contributed by atoms with Crippen molar-refractivity contribution >= 4 is 16.7 Å². The first kappa shape index (κ1) is 24.2. The monoisotopic (exact) mass is 482 g/mol. The summed E-state index contributed by atoms with van der Waals surface area (Å²) in [5.41, 5.74) is -3.36. The zero-order valence-corrected chi connectivity index (χ0v) is 17.7. The molecule has 0 aliphatic carbocycles. The number of nitrogens with zero attached hydrogens (tertiary/aromatic N) is 1. The third-order valence-corrected chi connectivity index (χ3v) is 5.79. The van der Waals surface area contributed by atoms with Gasteiger partial charge in [0.25, 0.3) is 0 Å². The molecule has 0 amide bonds. The number of carbonyl (C=O) groups excluding carboxylic acids is 1. The van der Waals surface area contributed by atoms with E-state index in [1.165, 1.54) is 0 Å². The van der Waals surface area contributed by atoms with Gasteiger partial charge in [-0.2, -0.15) is 26.3 Å². The van der Waals surface area contributed by atoms with E-state index >= 15 is 0 Å². The Bertz CT molecular complexity index is 1190. The van der Waals surface area contributed by atoms with Crippen molar-refractivity contribution in [1.29, 1.82) is 0 Å². The number of ketones is 1. The first-order valence-electron chi connectivity index (χ1n) is 10.5. The second kappa shape index (κ2) is 9.34. The van der Waals surface area contributed by atoms with Gasteiger partial charge in [-0.15, -0.1) is 0 Å². The minimum Gasteiger partial charge on any atom is -0.373 e. The average molecular weight is 482 g/mol. The van der Waals surface area contributed by atoms with Gasteiger partial charge in [0.1, 0.15) is 0 Å². The van der Waals surface area contributed by atoms with Gasteiger partial charge < -0.3 is 10.1 Å². The number of aromatic nitrogens is 1. The van der Waals surface area contributed by atoms with Gasteiger partial charge in [0.05, 0.1) is 35.3 Å². The molecule has 0 spiro atoms. The Labute approximate surface area is 190 Å². The fraction of sp³-hybridized carbons (Fsp3) is 0.333. The number of fused-ring (bicyclic) bond motifs is 1. The normalized spacial score (nSPS) is 19.4. The lowest BCUT2D eigenvalue weighted by Gasteiger charge is -2.32. The van der Waals surface area contributed by atoms with Gasteiger partial charge in [-0.25, -0.2) is 0 Å². The maximum absolute atomic E-state index is 13.7. The molecule has 0 bridgehead atoms. The second-order valence-electron chi connectivity index (χ2n) is 8.07. The summed E-state index contributed by atoms with van der Waals surface area (Å²) in [5.74, 6) is -2.11. The SMILES string of the molecule is O=C(c1cccc(C(F)(F)F)c1C(F)(F)F)C1CNCCC1OCc1cnc2ccccc2c1. The number of ether oxygens (including phenoxy) is 1. The summed E-state index contributed by atoms with van der Waals surface area (Å²) in [7, 11) is 0. The molecule has 2 heterocycles. The van der Waals surface area contributed by atoms with Crippen LogP contribution in [-0.2, 0) is 23.7 Å². The van der Waals surface area contributed by atoms with Gasteiger partial charge >= 0.3 is 12.4 Å². The molecule has 4 nitrogen and oxygen atoms in total. The van der Waals surface area contributed by atoms with E-state index in [1.54, 1.807) is 6.20 Å². The minimum absolute atomic E-state index is 0.00693. The molecule has 1 aromatic heterocycles. The van der Waals surface area contributed by atoms with E-state index in [4.69, 9.17) is 4.74 Å². The Morgan fingerprint density at radius 2 is 1.79 bits per heavy atom. The summed E-state index contributed by atoms with van der Waals surface area (Å²) in [6, 6.07) is 11.2. The second-order valence-corrected chi connectivity index (χ2v) is 8.07. The van der Waals surface area contributed by atoms with E-state index in [-0.39, 0.29) is 13.2 Å². The maximum atomic E-state index is 13.7. The molecular weight excluding hydrogens is 462 g/mol. The smallest absolute Gasteiger partial charge is 0.373 e. The molecule has 180 valence electrons. The predicted molar refractivity (Wildman–Crippen MR) is 112 cm³/mol. The molecule has 1 aliphatic heterocycles. The number of nitrogens with one attached hydrogen (secondary N) is 1. The number of Topliss-reactive ketones (excluding diaryl/α,β-unsaturated/α-hetero) is 1. The van der Waals surface area contributed by atoms with Crippen molar-refractivity contribution in [2.75, 3.05) is 13.1 Å². The first-order valence-corrected chi connectivity index (χ1v) is 10.5. The fourth-order valence-corrected chi connectivity index (χ4v) is 4.19. The Morgan fingerprint density at radius 1 is 1.03 bits per heavy atom. The molecule has 2 atom stereocenters. The maximum Gasteiger partial charge on any atom is 0.417 e. The van der Waals surface area contributed by atoms with E-state index in [2.05, 4.69) is 10.3 Å². The molecule has 0 radical (unpaired) electrons. The lowest BCUT2D eigenvalue weighted by Crippen LogP contribution is -2.45. The summed E-state index contributed by atoms with van der Waals surface area (Å²) >= 11 is 0. The molecular formula is C24H20F6N2O2. The molecule has 10 heteroatoms. The third kappa shape index (κ3) is 5.07. The van der Waals surface area contributed by atoms with E-state index in [0.29, 0.717) is 24.6 Å². The van der Waals surface area contributed by atoms with Crippen molar-refractivity contribution in [3.8, 4) is 0 Å². The van der Waals surface area contributed by atoms with Crippen LogP contribution in [0.4, 0.5) is 26.3 Å². The molecule has 0 saturated carbocycles. The highest BCUT2D eigenvalue weighted by atomic mass is 19.4. The Morgan fingerprint density at radius 3 is 2.53 bits per heavy atom. The van der Waals surface area contributed by atoms with Gasteiger partial charge in [0.15, 0.2) is 5.78 Å². The summed E-state index contributed by atoms with van der Waals surface area (Å²) < 4.78 is 86.8. The number of hydrogen-bond donors (Lipinski definition) is 1. The van der Waals surface area contributed by atoms with Crippen LogP contribution < -0.4 is 5.32 Å². The standard InChI is InChI=1S/C24H20F6N2O2/c25-23(26,27)18-6-3-5-16(21(18)24(28,29)30)22(33)17-12-31-9-8-20(17)34-13-14-10-15-4-1-2-7-19(15)32-11-14/h1-7,10-11,17,20,31H,8-9,12-13H2. The van der Waals surface area contributed by atoms with Crippen LogP contribution in [0.25, 0.3) is 10.9 Å². The van der Waals surface area contributed by atoms with Crippen LogP contribution in [0, 0.1) is 5.92 Å². The fourth-order valence-electron chi connectivity index (χ4n) is 4.19. The number of pyridine rings is 1. The molecule has 34 heavy (non-hydrogen) atoms. The van der Waals surface area contributed by atoms with E-state index in [1.807, 2.05) is 30.3 Å². The van der Waals surface area contributed by atoms with Gasteiger partial charge in [0.2, 0.25) is 0 Å². The molecule has 1 N–H and O–H groups in total. The quantitative estimate of drug-likeness (QED) is 0.377. The van der Waals surface area contributed by atoms with Gasteiger partial charge in [-0.1, -0.05) is 30.3 Å². The van der Waals surface area contributed by atoms with Gasteiger partial charge in [0, 0.05) is 23.7 Å². The number of carbonyl (C=O) groups is 1. The lowest BCUT2D eigenvalue weighted by atomic mass is 9.85. The number of alkyl halides is 6. The topological polar surface area (TPSA) is 51.2 Å². The molecule has 2 aromatic carbocycles. The van der Waals surface area contributed by atoms with Crippen LogP contribution in [0.2, 0.25) is 0 Å². The lowest BCUT2D eigenvalue weighted by molar-refractivity contribution is -0.162. The average Bonchev–Trinajstić information content (AvgIpc) is 2.80. The molecule has 3 aromatic rings. The van der Waals surface area contributed by atoms with Crippen LogP contribution in [-0.4, -0.2) is 30.0 Å². The van der Waals surface area contributed by atoms with Crippen molar-refractivity contribution in [3.63, 3.8) is 0 Å². The van der Waals surface area contributed by atoms with Gasteiger partial charge in [-0.3, -0.25) is 9.78 Å². The molecule has 2 unspecified atom stereocenters. The molecule has 1 aliphatic rings. The number of piperidine rings is 1. The van der Waals surface area contributed by atoms with Crippen LogP contribution in [0.15, 0.2) is 54.7 Å². The zero-order chi connectivity index (χ0) is 24.5. The molecule has 1 saturated heterocycles. The van der Waals surface area contributed by atoms with Crippen molar-refractivity contribution in [1.82, 2.24) is 10.3 Å². The van der Waals surface area contributed by atoms with E-state index in [9.17, 15) is 31.1 Å². The largest absolute Gasteiger partial charge is 0.417 e.